The van der Waals surface area contributed by atoms with Gasteiger partial charge in [-0.3, -0.25) is 9.59 Å². The second kappa shape index (κ2) is 11.6. The Hall–Kier alpha value is -0.970. The first kappa shape index (κ1) is 21.1. The molecule has 0 fully saturated rings. The summed E-state index contributed by atoms with van der Waals surface area (Å²) in [4.78, 5) is 23.2. The Morgan fingerprint density at radius 2 is 1.50 bits per heavy atom. The highest BCUT2D eigenvalue weighted by atomic mass is 35.5. The summed E-state index contributed by atoms with van der Waals surface area (Å²) < 4.78 is 10.2. The molecule has 4 nitrogen and oxygen atoms in total. The lowest BCUT2D eigenvalue weighted by atomic mass is 10.2. The zero-order valence-corrected chi connectivity index (χ0v) is 15.8. The summed E-state index contributed by atoms with van der Waals surface area (Å²) in [5, 5.41) is 0.766. The highest BCUT2D eigenvalue weighted by Crippen LogP contribution is 2.34. The van der Waals surface area contributed by atoms with Crippen LogP contribution in [-0.4, -0.2) is 18.5 Å². The van der Waals surface area contributed by atoms with Crippen LogP contribution in [0.15, 0.2) is 12.1 Å². The minimum absolute atomic E-state index is 0.173. The van der Waals surface area contributed by atoms with Crippen LogP contribution in [0.1, 0.15) is 51.9 Å². The van der Waals surface area contributed by atoms with E-state index in [0.29, 0.717) is 30.9 Å². The van der Waals surface area contributed by atoms with E-state index in [1.165, 1.54) is 12.1 Å². The van der Waals surface area contributed by atoms with Crippen LogP contribution in [0, 0.1) is 0 Å². The maximum absolute atomic E-state index is 11.8. The van der Waals surface area contributed by atoms with Gasteiger partial charge >= 0.3 is 11.9 Å². The number of ether oxygens (including phenoxy) is 2. The second-order valence-electron chi connectivity index (χ2n) is 5.31. The minimum atomic E-state index is -0.438. The average Bonchev–Trinajstić information content (AvgIpc) is 2.53. The third kappa shape index (κ3) is 8.22. The van der Waals surface area contributed by atoms with Crippen molar-refractivity contribution in [3.63, 3.8) is 0 Å². The summed E-state index contributed by atoms with van der Waals surface area (Å²) in [7, 11) is 0. The average molecular weight is 396 g/mol. The van der Waals surface area contributed by atoms with Crippen molar-refractivity contribution in [3.05, 3.63) is 27.2 Å². The molecule has 0 atom stereocenters. The van der Waals surface area contributed by atoms with E-state index in [2.05, 4.69) is 6.92 Å². The number of halogens is 3. The van der Waals surface area contributed by atoms with Crippen molar-refractivity contribution < 1.29 is 19.1 Å². The summed E-state index contributed by atoms with van der Waals surface area (Å²) in [5.74, 6) is -0.495. The van der Waals surface area contributed by atoms with Gasteiger partial charge in [-0.1, -0.05) is 54.6 Å². The standard InChI is InChI=1S/C17H21Cl3O4/c1-2-3-6-9-23-16(21)7-4-5-8-17(22)24-15-11-13(19)12(18)10-14(15)20/h10-11H,2-9H2,1H3. The van der Waals surface area contributed by atoms with Gasteiger partial charge in [0, 0.05) is 18.9 Å². The van der Waals surface area contributed by atoms with Crippen LogP contribution in [0.2, 0.25) is 15.1 Å². The van der Waals surface area contributed by atoms with E-state index in [9.17, 15) is 9.59 Å². The van der Waals surface area contributed by atoms with E-state index in [4.69, 9.17) is 44.3 Å². The quantitative estimate of drug-likeness (QED) is 0.216. The highest BCUT2D eigenvalue weighted by molar-refractivity contribution is 6.43. The van der Waals surface area contributed by atoms with Crippen LogP contribution in [0.3, 0.4) is 0 Å². The lowest BCUT2D eigenvalue weighted by Crippen LogP contribution is -2.09. The normalized spacial score (nSPS) is 10.5. The van der Waals surface area contributed by atoms with E-state index in [0.717, 1.165) is 19.3 Å². The van der Waals surface area contributed by atoms with Crippen LogP contribution in [0.25, 0.3) is 0 Å². The minimum Gasteiger partial charge on any atom is -0.466 e. The van der Waals surface area contributed by atoms with Gasteiger partial charge in [0.25, 0.3) is 0 Å². The molecule has 1 rings (SSSR count). The summed E-state index contributed by atoms with van der Waals surface area (Å²) >= 11 is 17.6. The third-order valence-corrected chi connectivity index (χ3v) is 4.24. The van der Waals surface area contributed by atoms with Gasteiger partial charge in [0.05, 0.1) is 21.7 Å². The molecule has 7 heteroatoms. The number of esters is 2. The van der Waals surface area contributed by atoms with Gasteiger partial charge in [0.15, 0.2) is 5.75 Å². The molecule has 0 amide bonds. The van der Waals surface area contributed by atoms with E-state index in [1.807, 2.05) is 0 Å². The van der Waals surface area contributed by atoms with Crippen molar-refractivity contribution in [2.75, 3.05) is 6.61 Å². The topological polar surface area (TPSA) is 52.6 Å². The van der Waals surface area contributed by atoms with Crippen molar-refractivity contribution >= 4 is 46.7 Å². The Morgan fingerprint density at radius 3 is 2.17 bits per heavy atom. The van der Waals surface area contributed by atoms with Crippen molar-refractivity contribution in [1.82, 2.24) is 0 Å². The fraction of sp³-hybridized carbons (Fsp3) is 0.529. The molecule has 24 heavy (non-hydrogen) atoms. The summed E-state index contributed by atoms with van der Waals surface area (Å²) in [6.45, 7) is 2.55. The fourth-order valence-corrected chi connectivity index (χ4v) is 2.48. The molecule has 134 valence electrons. The van der Waals surface area contributed by atoms with Crippen LogP contribution >= 0.6 is 34.8 Å². The van der Waals surface area contributed by atoms with E-state index >= 15 is 0 Å². The third-order valence-electron chi connectivity index (χ3n) is 3.22. The molecule has 0 aliphatic carbocycles. The van der Waals surface area contributed by atoms with Gasteiger partial charge in [-0.05, 0) is 25.3 Å². The molecular weight excluding hydrogens is 375 g/mol. The Morgan fingerprint density at radius 1 is 0.875 bits per heavy atom. The Balaban J connectivity index is 2.23. The Labute approximate surface area is 157 Å². The van der Waals surface area contributed by atoms with Crippen LogP contribution < -0.4 is 4.74 Å². The molecule has 0 radical (unpaired) electrons. The molecule has 0 saturated heterocycles. The molecule has 0 N–H and O–H groups in total. The molecule has 0 aliphatic heterocycles. The number of benzene rings is 1. The van der Waals surface area contributed by atoms with Gasteiger partial charge in [-0.15, -0.1) is 0 Å². The lowest BCUT2D eigenvalue weighted by molar-refractivity contribution is -0.144. The van der Waals surface area contributed by atoms with Crippen LogP contribution in [0.4, 0.5) is 0 Å². The van der Waals surface area contributed by atoms with E-state index in [-0.39, 0.29) is 28.2 Å². The SMILES string of the molecule is CCCCCOC(=O)CCCCC(=O)Oc1cc(Cl)c(Cl)cc1Cl. The number of carbonyl (C=O) groups excluding carboxylic acids is 2. The number of hydrogen-bond donors (Lipinski definition) is 0. The Bertz CT molecular complexity index is 561. The van der Waals surface area contributed by atoms with Gasteiger partial charge in [0.2, 0.25) is 0 Å². The molecular formula is C17H21Cl3O4. The van der Waals surface area contributed by atoms with Crippen LogP contribution in [-0.2, 0) is 14.3 Å². The molecule has 0 spiro atoms. The second-order valence-corrected chi connectivity index (χ2v) is 6.53. The largest absolute Gasteiger partial charge is 0.466 e. The first-order valence-electron chi connectivity index (χ1n) is 7.95. The fourth-order valence-electron chi connectivity index (χ4n) is 1.91. The predicted octanol–water partition coefficient (Wildman–Crippen LogP) is 5.85. The maximum Gasteiger partial charge on any atom is 0.311 e. The number of unbranched alkanes of at least 4 members (excludes halogenated alkanes) is 3. The van der Waals surface area contributed by atoms with E-state index in [1.54, 1.807) is 0 Å². The van der Waals surface area contributed by atoms with Gasteiger partial charge < -0.3 is 9.47 Å². The first-order chi connectivity index (χ1) is 11.4. The summed E-state index contributed by atoms with van der Waals surface area (Å²) in [5.41, 5.74) is 0. The highest BCUT2D eigenvalue weighted by Gasteiger charge is 2.12. The van der Waals surface area contributed by atoms with Gasteiger partial charge in [-0.2, -0.15) is 0 Å². The molecule has 0 unspecified atom stereocenters. The first-order valence-corrected chi connectivity index (χ1v) is 9.08. The Kier molecular flexibility index (Phi) is 10.2. The summed E-state index contributed by atoms with van der Waals surface area (Å²) in [6.07, 6.45) is 4.60. The molecule has 0 saturated carbocycles. The maximum atomic E-state index is 11.8. The molecule has 0 bridgehead atoms. The van der Waals surface area contributed by atoms with E-state index < -0.39 is 5.97 Å². The van der Waals surface area contributed by atoms with Crippen molar-refractivity contribution in [1.29, 1.82) is 0 Å². The van der Waals surface area contributed by atoms with Gasteiger partial charge in [0.1, 0.15) is 0 Å². The monoisotopic (exact) mass is 394 g/mol. The lowest BCUT2D eigenvalue weighted by Gasteiger charge is -2.08. The molecule has 1 aromatic rings. The van der Waals surface area contributed by atoms with Gasteiger partial charge in [-0.25, -0.2) is 0 Å². The predicted molar refractivity (Wildman–Crippen MR) is 96.1 cm³/mol. The molecule has 0 heterocycles. The molecule has 0 aromatic heterocycles. The number of rotatable bonds is 10. The van der Waals surface area contributed by atoms with Crippen molar-refractivity contribution in [2.45, 2.75) is 51.9 Å². The zero-order chi connectivity index (χ0) is 17.9. The summed E-state index contributed by atoms with van der Waals surface area (Å²) in [6, 6.07) is 2.82. The number of carbonyl (C=O) groups is 2. The van der Waals surface area contributed by atoms with Crippen LogP contribution in [0.5, 0.6) is 5.75 Å². The van der Waals surface area contributed by atoms with Crippen molar-refractivity contribution in [2.24, 2.45) is 0 Å². The molecule has 0 aliphatic rings. The smallest absolute Gasteiger partial charge is 0.311 e. The molecule has 1 aromatic carbocycles. The van der Waals surface area contributed by atoms with Crippen molar-refractivity contribution in [3.8, 4) is 5.75 Å². The zero-order valence-electron chi connectivity index (χ0n) is 13.6. The number of hydrogen-bond acceptors (Lipinski definition) is 4.